The fourth-order valence-corrected chi connectivity index (χ4v) is 3.34. The quantitative estimate of drug-likeness (QED) is 0.853. The molecule has 0 amide bonds. The zero-order valence-corrected chi connectivity index (χ0v) is 12.6. The van der Waals surface area contributed by atoms with Crippen LogP contribution in [0.5, 0.6) is 0 Å². The second-order valence-corrected chi connectivity index (χ2v) is 6.35. The number of thioether (sulfide) groups is 1. The van der Waals surface area contributed by atoms with Gasteiger partial charge in [0.25, 0.3) is 0 Å². The van der Waals surface area contributed by atoms with Crippen LogP contribution in [0.1, 0.15) is 19.8 Å². The molecule has 1 fully saturated rings. The maximum Gasteiger partial charge on any atom is 0.313 e. The Labute approximate surface area is 126 Å². The summed E-state index contributed by atoms with van der Waals surface area (Å²) in [5.74, 6) is -0.865. The van der Waals surface area contributed by atoms with Crippen molar-refractivity contribution in [2.45, 2.75) is 37.1 Å². The lowest BCUT2D eigenvalue weighted by atomic mass is 10.0. The van der Waals surface area contributed by atoms with Crippen LogP contribution in [-0.2, 0) is 16.1 Å². The third kappa shape index (κ3) is 3.03. The van der Waals surface area contributed by atoms with E-state index in [0.717, 1.165) is 30.6 Å². The average molecular weight is 307 g/mol. The Morgan fingerprint density at radius 3 is 3.19 bits per heavy atom. The molecule has 3 rings (SSSR count). The largest absolute Gasteiger partial charge is 0.481 e. The molecule has 6 nitrogen and oxygen atoms in total. The van der Waals surface area contributed by atoms with Gasteiger partial charge in [0.2, 0.25) is 0 Å². The summed E-state index contributed by atoms with van der Waals surface area (Å²) in [6.07, 6.45) is 3.76. The number of nitrogens with zero attached hydrogens (tertiary/aromatic N) is 3. The molecule has 0 radical (unpaired) electrons. The first-order valence-electron chi connectivity index (χ1n) is 6.87. The average Bonchev–Trinajstić information content (AvgIpc) is 3.02. The molecular weight excluding hydrogens is 290 g/mol. The predicted octanol–water partition coefficient (Wildman–Crippen LogP) is 2.18. The van der Waals surface area contributed by atoms with Crippen molar-refractivity contribution >= 4 is 28.9 Å². The highest BCUT2D eigenvalue weighted by Gasteiger charge is 2.32. The number of fused-ring (bicyclic) bond motifs is 1. The zero-order valence-electron chi connectivity index (χ0n) is 11.8. The molecule has 21 heavy (non-hydrogen) atoms. The van der Waals surface area contributed by atoms with E-state index in [1.807, 2.05) is 16.7 Å². The summed E-state index contributed by atoms with van der Waals surface area (Å²) in [5.41, 5.74) is 1.33. The molecule has 1 atom stereocenters. The Bertz CT molecular complexity index is 665. The molecule has 2 aromatic rings. The van der Waals surface area contributed by atoms with Gasteiger partial charge in [0.15, 0.2) is 10.8 Å². The molecule has 112 valence electrons. The molecule has 1 unspecified atom stereocenters. The van der Waals surface area contributed by atoms with E-state index in [-0.39, 0.29) is 11.4 Å². The minimum absolute atomic E-state index is 0.0130. The minimum atomic E-state index is -0.852. The Hall–Kier alpha value is -1.60. The van der Waals surface area contributed by atoms with Crippen molar-refractivity contribution in [3.63, 3.8) is 0 Å². The predicted molar refractivity (Wildman–Crippen MR) is 79.5 cm³/mol. The third-order valence-corrected chi connectivity index (χ3v) is 4.55. The fraction of sp³-hybridized carbons (Fsp3) is 0.500. The van der Waals surface area contributed by atoms with Crippen LogP contribution < -0.4 is 0 Å². The normalized spacial score (nSPS) is 22.0. The maximum atomic E-state index is 10.8. The first-order valence-corrected chi connectivity index (χ1v) is 7.86. The van der Waals surface area contributed by atoms with Gasteiger partial charge in [-0.1, -0.05) is 11.8 Å². The molecule has 3 heterocycles. The molecule has 1 N–H and O–H groups in total. The number of carbonyl (C=O) groups is 1. The number of aromatic nitrogens is 3. The van der Waals surface area contributed by atoms with E-state index in [4.69, 9.17) is 9.84 Å². The number of hydrogen-bond donors (Lipinski definition) is 1. The Morgan fingerprint density at radius 1 is 1.62 bits per heavy atom. The number of ether oxygens (including phenoxy) is 1. The van der Waals surface area contributed by atoms with Gasteiger partial charge >= 0.3 is 5.97 Å². The minimum Gasteiger partial charge on any atom is -0.481 e. The first kappa shape index (κ1) is 14.3. The monoisotopic (exact) mass is 307 g/mol. The van der Waals surface area contributed by atoms with Crippen molar-refractivity contribution in [2.75, 3.05) is 12.4 Å². The first-order chi connectivity index (χ1) is 10.1. The number of aliphatic carboxylic acids is 1. The van der Waals surface area contributed by atoms with Gasteiger partial charge in [0.05, 0.1) is 17.9 Å². The van der Waals surface area contributed by atoms with Crippen molar-refractivity contribution in [1.29, 1.82) is 0 Å². The van der Waals surface area contributed by atoms with Gasteiger partial charge in [-0.05, 0) is 31.9 Å². The van der Waals surface area contributed by atoms with E-state index in [0.29, 0.717) is 11.7 Å². The Morgan fingerprint density at radius 2 is 2.48 bits per heavy atom. The van der Waals surface area contributed by atoms with Crippen molar-refractivity contribution in [2.24, 2.45) is 0 Å². The number of rotatable bonds is 5. The second kappa shape index (κ2) is 5.65. The lowest BCUT2D eigenvalue weighted by Crippen LogP contribution is -2.30. The summed E-state index contributed by atoms with van der Waals surface area (Å²) < 4.78 is 7.82. The second-order valence-electron chi connectivity index (χ2n) is 5.41. The summed E-state index contributed by atoms with van der Waals surface area (Å²) >= 11 is 1.22. The lowest BCUT2D eigenvalue weighted by Gasteiger charge is -2.24. The number of imidazole rings is 1. The fourth-order valence-electron chi connectivity index (χ4n) is 2.61. The molecule has 7 heteroatoms. The van der Waals surface area contributed by atoms with E-state index in [1.165, 1.54) is 11.8 Å². The van der Waals surface area contributed by atoms with Crippen LogP contribution in [0.25, 0.3) is 11.2 Å². The number of hydrogen-bond acceptors (Lipinski definition) is 5. The van der Waals surface area contributed by atoms with Crippen LogP contribution >= 0.6 is 11.8 Å². The smallest absolute Gasteiger partial charge is 0.313 e. The molecule has 0 bridgehead atoms. The van der Waals surface area contributed by atoms with Crippen molar-refractivity contribution in [3.05, 3.63) is 18.3 Å². The van der Waals surface area contributed by atoms with E-state index >= 15 is 0 Å². The molecular formula is C14H17N3O3S. The summed E-state index contributed by atoms with van der Waals surface area (Å²) in [5, 5.41) is 9.56. The lowest BCUT2D eigenvalue weighted by molar-refractivity contribution is -0.133. The van der Waals surface area contributed by atoms with Crippen molar-refractivity contribution in [1.82, 2.24) is 14.5 Å². The molecule has 0 aliphatic carbocycles. The van der Waals surface area contributed by atoms with Gasteiger partial charge in [0, 0.05) is 12.8 Å². The summed E-state index contributed by atoms with van der Waals surface area (Å²) in [4.78, 5) is 19.7. The van der Waals surface area contributed by atoms with Gasteiger partial charge in [-0.2, -0.15) is 0 Å². The van der Waals surface area contributed by atoms with Gasteiger partial charge < -0.3 is 14.4 Å². The molecule has 2 aromatic heterocycles. The third-order valence-electron chi connectivity index (χ3n) is 3.59. The van der Waals surface area contributed by atoms with Crippen LogP contribution in [-0.4, -0.2) is 43.6 Å². The molecule has 1 aliphatic rings. The Balaban J connectivity index is 1.96. The van der Waals surface area contributed by atoms with Crippen molar-refractivity contribution < 1.29 is 14.6 Å². The van der Waals surface area contributed by atoms with E-state index < -0.39 is 5.97 Å². The van der Waals surface area contributed by atoms with E-state index in [9.17, 15) is 4.79 Å². The van der Waals surface area contributed by atoms with Gasteiger partial charge in [-0.3, -0.25) is 4.79 Å². The van der Waals surface area contributed by atoms with Crippen molar-refractivity contribution in [3.8, 4) is 0 Å². The van der Waals surface area contributed by atoms with Gasteiger partial charge in [-0.15, -0.1) is 0 Å². The van der Waals surface area contributed by atoms with Gasteiger partial charge in [0.1, 0.15) is 5.52 Å². The SMILES string of the molecule is CC1(Cn2c(SCC(=O)O)nc3cccnc32)CCCO1. The summed E-state index contributed by atoms with van der Waals surface area (Å²) in [7, 11) is 0. The molecule has 0 aromatic carbocycles. The van der Waals surface area contributed by atoms with E-state index in [1.54, 1.807) is 6.20 Å². The Kier molecular flexibility index (Phi) is 3.86. The highest BCUT2D eigenvalue weighted by Crippen LogP contribution is 2.31. The van der Waals surface area contributed by atoms with Crippen LogP contribution in [0, 0.1) is 0 Å². The summed E-state index contributed by atoms with van der Waals surface area (Å²) in [6.45, 7) is 3.50. The van der Waals surface area contributed by atoms with E-state index in [2.05, 4.69) is 16.9 Å². The standard InChI is InChI=1S/C14H17N3O3S/c1-14(5-3-7-20-14)9-17-12-10(4-2-6-15-12)16-13(17)21-8-11(18)19/h2,4,6H,3,5,7-9H2,1H3,(H,18,19). The molecule has 0 saturated carbocycles. The summed E-state index contributed by atoms with van der Waals surface area (Å²) in [6, 6.07) is 3.72. The van der Waals surface area contributed by atoms with Crippen LogP contribution in [0.4, 0.5) is 0 Å². The molecule has 1 saturated heterocycles. The number of carboxylic acid groups (broad SMARTS) is 1. The molecule has 1 aliphatic heterocycles. The van der Waals surface area contributed by atoms with Crippen LogP contribution in [0.2, 0.25) is 0 Å². The van der Waals surface area contributed by atoms with Crippen LogP contribution in [0.3, 0.4) is 0 Å². The number of pyridine rings is 1. The highest BCUT2D eigenvalue weighted by molar-refractivity contribution is 7.99. The van der Waals surface area contributed by atoms with Crippen LogP contribution in [0.15, 0.2) is 23.5 Å². The highest BCUT2D eigenvalue weighted by atomic mass is 32.2. The molecule has 0 spiro atoms. The maximum absolute atomic E-state index is 10.8. The zero-order chi connectivity index (χ0) is 14.9. The van der Waals surface area contributed by atoms with Gasteiger partial charge in [-0.25, -0.2) is 9.97 Å². The number of carboxylic acids is 1. The topological polar surface area (TPSA) is 77.2 Å².